The van der Waals surface area contributed by atoms with Gasteiger partial charge in [-0.2, -0.15) is 0 Å². The fourth-order valence-electron chi connectivity index (χ4n) is 2.89. The molecule has 1 atom stereocenters. The summed E-state index contributed by atoms with van der Waals surface area (Å²) in [5, 5.41) is 0. The first-order chi connectivity index (χ1) is 9.72. The fraction of sp³-hybridized carbons (Fsp3) is 0.778. The molecule has 0 spiro atoms. The minimum absolute atomic E-state index is 0.0617. The van der Waals surface area contributed by atoms with Crippen LogP contribution in [0.3, 0.4) is 0 Å². The van der Waals surface area contributed by atoms with Gasteiger partial charge in [-0.1, -0.05) is 50.7 Å². The molecule has 1 rings (SSSR count). The number of ketones is 2. The minimum Gasteiger partial charge on any atom is -0.299 e. The highest BCUT2D eigenvalue weighted by Gasteiger charge is 2.21. The first-order valence-corrected chi connectivity index (χ1v) is 8.40. The van der Waals surface area contributed by atoms with E-state index in [1.807, 2.05) is 0 Å². The molecule has 2 heteroatoms. The van der Waals surface area contributed by atoms with Gasteiger partial charge in [-0.15, -0.1) is 0 Å². The molecule has 0 N–H and O–H groups in total. The number of hydrogen-bond donors (Lipinski definition) is 0. The Kier molecular flexibility index (Phi) is 9.27. The van der Waals surface area contributed by atoms with Gasteiger partial charge in [-0.3, -0.25) is 9.59 Å². The molecule has 2 nitrogen and oxygen atoms in total. The average Bonchev–Trinajstić information content (AvgIpc) is 2.41. The number of carbonyl (C=O) groups excluding carboxylic acids is 2. The zero-order chi connectivity index (χ0) is 14.6. The van der Waals surface area contributed by atoms with E-state index < -0.39 is 0 Å². The summed E-state index contributed by atoms with van der Waals surface area (Å²) in [5.74, 6) is -0.100. The molecule has 1 aliphatic carbocycles. The van der Waals surface area contributed by atoms with Crippen molar-refractivity contribution >= 4 is 11.6 Å². The van der Waals surface area contributed by atoms with Crippen molar-refractivity contribution < 1.29 is 9.59 Å². The van der Waals surface area contributed by atoms with Crippen LogP contribution >= 0.6 is 0 Å². The van der Waals surface area contributed by atoms with E-state index in [9.17, 15) is 9.59 Å². The lowest BCUT2D eigenvalue weighted by atomic mass is 9.90. The molecule has 0 amide bonds. The van der Waals surface area contributed by atoms with Crippen LogP contribution in [0.25, 0.3) is 0 Å². The van der Waals surface area contributed by atoms with Gasteiger partial charge in [-0.25, -0.2) is 0 Å². The van der Waals surface area contributed by atoms with Gasteiger partial charge in [0.15, 0.2) is 0 Å². The van der Waals surface area contributed by atoms with Crippen LogP contribution in [-0.2, 0) is 9.59 Å². The molecule has 20 heavy (non-hydrogen) atoms. The molecule has 0 aromatic carbocycles. The van der Waals surface area contributed by atoms with Crippen molar-refractivity contribution in [3.8, 4) is 0 Å². The molecular weight excluding hydrogens is 248 g/mol. The van der Waals surface area contributed by atoms with E-state index in [1.165, 1.54) is 38.5 Å². The minimum atomic E-state index is -0.327. The molecule has 0 saturated heterocycles. The standard InChI is InChI=1S/C18H30O2/c1-16(19)17-14-12-10-8-6-4-2-3-5-7-9-11-13-15-18(17)20/h7,9,17H,2-6,8,10-15H2,1H3. The highest BCUT2D eigenvalue weighted by atomic mass is 16.1. The van der Waals surface area contributed by atoms with Gasteiger partial charge < -0.3 is 0 Å². The maximum Gasteiger partial charge on any atom is 0.143 e. The Labute approximate surface area is 124 Å². The zero-order valence-corrected chi connectivity index (χ0v) is 13.0. The lowest BCUT2D eigenvalue weighted by Crippen LogP contribution is -2.21. The number of allylic oxidation sites excluding steroid dienone is 2. The van der Waals surface area contributed by atoms with Gasteiger partial charge in [0.05, 0.1) is 5.92 Å². The van der Waals surface area contributed by atoms with Gasteiger partial charge in [0.25, 0.3) is 0 Å². The summed E-state index contributed by atoms with van der Waals surface area (Å²) in [4.78, 5) is 23.7. The van der Waals surface area contributed by atoms with Gasteiger partial charge in [0.2, 0.25) is 0 Å². The Morgan fingerprint density at radius 2 is 1.45 bits per heavy atom. The Hall–Kier alpha value is -0.920. The topological polar surface area (TPSA) is 34.1 Å². The van der Waals surface area contributed by atoms with Crippen molar-refractivity contribution in [2.75, 3.05) is 0 Å². The Balaban J connectivity index is 2.46. The highest BCUT2D eigenvalue weighted by molar-refractivity contribution is 6.01. The largest absolute Gasteiger partial charge is 0.299 e. The van der Waals surface area contributed by atoms with E-state index in [0.717, 1.165) is 32.1 Å². The molecule has 0 aromatic rings. The molecule has 1 unspecified atom stereocenters. The molecule has 0 saturated carbocycles. The summed E-state index contributed by atoms with van der Waals surface area (Å²) < 4.78 is 0. The summed E-state index contributed by atoms with van der Waals surface area (Å²) in [6.45, 7) is 1.57. The number of carbonyl (C=O) groups is 2. The monoisotopic (exact) mass is 278 g/mol. The number of rotatable bonds is 1. The Morgan fingerprint density at radius 1 is 0.900 bits per heavy atom. The predicted octanol–water partition coefficient (Wildman–Crippen LogP) is 5.01. The molecule has 0 radical (unpaired) electrons. The SMILES string of the molecule is CC(=O)C1CCCCCCCCCC=CCCCC1=O. The molecular formula is C18H30O2. The van der Waals surface area contributed by atoms with Gasteiger partial charge in [0.1, 0.15) is 11.6 Å². The lowest BCUT2D eigenvalue weighted by Gasteiger charge is -2.12. The van der Waals surface area contributed by atoms with E-state index >= 15 is 0 Å². The van der Waals surface area contributed by atoms with Gasteiger partial charge >= 0.3 is 0 Å². The summed E-state index contributed by atoms with van der Waals surface area (Å²) in [7, 11) is 0. The van der Waals surface area contributed by atoms with Crippen molar-refractivity contribution in [3.63, 3.8) is 0 Å². The molecule has 114 valence electrons. The van der Waals surface area contributed by atoms with Crippen LogP contribution in [-0.4, -0.2) is 11.6 Å². The molecule has 0 fully saturated rings. The summed E-state index contributed by atoms with van der Waals surface area (Å²) in [5.41, 5.74) is 0. The average molecular weight is 278 g/mol. The fourth-order valence-corrected chi connectivity index (χ4v) is 2.89. The van der Waals surface area contributed by atoms with E-state index in [4.69, 9.17) is 0 Å². The van der Waals surface area contributed by atoms with Crippen molar-refractivity contribution in [2.24, 2.45) is 5.92 Å². The van der Waals surface area contributed by atoms with Crippen LogP contribution in [0.2, 0.25) is 0 Å². The highest BCUT2D eigenvalue weighted by Crippen LogP contribution is 2.18. The van der Waals surface area contributed by atoms with Crippen molar-refractivity contribution in [1.82, 2.24) is 0 Å². The van der Waals surface area contributed by atoms with Crippen LogP contribution in [0.15, 0.2) is 12.2 Å². The Bertz CT molecular complexity index is 317. The van der Waals surface area contributed by atoms with Crippen molar-refractivity contribution in [1.29, 1.82) is 0 Å². The van der Waals surface area contributed by atoms with Gasteiger partial charge in [0, 0.05) is 6.42 Å². The zero-order valence-electron chi connectivity index (χ0n) is 13.0. The smallest absolute Gasteiger partial charge is 0.143 e. The maximum atomic E-state index is 12.1. The van der Waals surface area contributed by atoms with E-state index in [2.05, 4.69) is 12.2 Å². The summed E-state index contributed by atoms with van der Waals surface area (Å²) in [6.07, 6.45) is 17.5. The van der Waals surface area contributed by atoms with Gasteiger partial charge in [-0.05, 0) is 39.0 Å². The van der Waals surface area contributed by atoms with E-state index in [-0.39, 0.29) is 17.5 Å². The third-order valence-electron chi connectivity index (χ3n) is 4.20. The quantitative estimate of drug-likeness (QED) is 0.499. The molecule has 0 aromatic heterocycles. The van der Waals surface area contributed by atoms with Crippen LogP contribution in [0, 0.1) is 5.92 Å². The second-order valence-electron chi connectivity index (χ2n) is 6.05. The number of Topliss-reactive ketones (excluding diaryl/α,β-unsaturated/α-hetero) is 2. The van der Waals surface area contributed by atoms with E-state index in [0.29, 0.717) is 6.42 Å². The second kappa shape index (κ2) is 10.8. The lowest BCUT2D eigenvalue weighted by molar-refractivity contribution is -0.132. The molecule has 0 aliphatic heterocycles. The molecule has 0 bridgehead atoms. The molecule has 0 heterocycles. The molecule has 1 aliphatic rings. The van der Waals surface area contributed by atoms with Crippen LogP contribution in [0.4, 0.5) is 0 Å². The normalized spacial score (nSPS) is 24.4. The maximum absolute atomic E-state index is 12.1. The third kappa shape index (κ3) is 7.62. The van der Waals surface area contributed by atoms with Crippen molar-refractivity contribution in [2.45, 2.75) is 84.0 Å². The first-order valence-electron chi connectivity index (χ1n) is 8.40. The number of hydrogen-bond acceptors (Lipinski definition) is 2. The van der Waals surface area contributed by atoms with Crippen LogP contribution in [0.1, 0.15) is 84.0 Å². The summed E-state index contributed by atoms with van der Waals surface area (Å²) >= 11 is 0. The van der Waals surface area contributed by atoms with Crippen LogP contribution in [0.5, 0.6) is 0 Å². The first kappa shape index (κ1) is 17.1. The van der Waals surface area contributed by atoms with E-state index in [1.54, 1.807) is 6.92 Å². The summed E-state index contributed by atoms with van der Waals surface area (Å²) in [6, 6.07) is 0. The third-order valence-corrected chi connectivity index (χ3v) is 4.20. The predicted molar refractivity (Wildman–Crippen MR) is 83.7 cm³/mol. The second-order valence-corrected chi connectivity index (χ2v) is 6.05. The van der Waals surface area contributed by atoms with Crippen molar-refractivity contribution in [3.05, 3.63) is 12.2 Å². The Morgan fingerprint density at radius 3 is 2.10 bits per heavy atom. The van der Waals surface area contributed by atoms with Crippen LogP contribution < -0.4 is 0 Å².